The van der Waals surface area contributed by atoms with Gasteiger partial charge in [-0.1, -0.05) is 32.0 Å². The van der Waals surface area contributed by atoms with Crippen molar-refractivity contribution < 1.29 is 18.7 Å². The van der Waals surface area contributed by atoms with Gasteiger partial charge in [0, 0.05) is 17.3 Å². The Hall–Kier alpha value is -2.66. The number of carbonyl (C=O) groups is 1. The number of nitrogens with zero attached hydrogens (tertiary/aromatic N) is 1. The highest BCUT2D eigenvalue weighted by molar-refractivity contribution is 5.92. The van der Waals surface area contributed by atoms with Gasteiger partial charge in [-0.25, -0.2) is 9.18 Å². The van der Waals surface area contributed by atoms with E-state index in [4.69, 9.17) is 9.47 Å². The molecular weight excluding hydrogens is 357 g/mol. The van der Waals surface area contributed by atoms with Crippen LogP contribution in [-0.4, -0.2) is 17.0 Å². The standard InChI is InChI=1S/C23H26FNO3/c1-4-13-27-23(26)19-14-18-10-8-12-25(18)22(16(19)3)21(5-2)28-15-17-9-6-7-11-20(17)24/h6-12,14,21H,4-5,13,15H2,1-3H3. The summed E-state index contributed by atoms with van der Waals surface area (Å²) in [5, 5.41) is 0. The van der Waals surface area contributed by atoms with Crippen LogP contribution in [0.5, 0.6) is 0 Å². The quantitative estimate of drug-likeness (QED) is 0.474. The lowest BCUT2D eigenvalue weighted by Crippen LogP contribution is -2.16. The molecule has 28 heavy (non-hydrogen) atoms. The largest absolute Gasteiger partial charge is 0.462 e. The zero-order valence-corrected chi connectivity index (χ0v) is 16.6. The molecule has 0 bridgehead atoms. The van der Waals surface area contributed by atoms with E-state index in [2.05, 4.69) is 0 Å². The van der Waals surface area contributed by atoms with Crippen molar-refractivity contribution in [3.63, 3.8) is 0 Å². The lowest BCUT2D eigenvalue weighted by Gasteiger charge is -2.22. The summed E-state index contributed by atoms with van der Waals surface area (Å²) < 4.78 is 27.5. The molecule has 3 aromatic rings. The van der Waals surface area contributed by atoms with Gasteiger partial charge in [-0.3, -0.25) is 0 Å². The molecule has 1 aromatic carbocycles. The molecule has 4 nitrogen and oxygen atoms in total. The summed E-state index contributed by atoms with van der Waals surface area (Å²) in [6.45, 7) is 6.44. The maximum absolute atomic E-state index is 14.0. The Morgan fingerprint density at radius 3 is 2.68 bits per heavy atom. The monoisotopic (exact) mass is 383 g/mol. The number of halogens is 1. The minimum absolute atomic E-state index is 0.165. The number of carbonyl (C=O) groups excluding carboxylic acids is 1. The fourth-order valence-electron chi connectivity index (χ4n) is 3.38. The van der Waals surface area contributed by atoms with Gasteiger partial charge in [0.15, 0.2) is 0 Å². The highest BCUT2D eigenvalue weighted by atomic mass is 19.1. The molecule has 0 N–H and O–H groups in total. The number of esters is 1. The van der Waals surface area contributed by atoms with Gasteiger partial charge in [-0.15, -0.1) is 0 Å². The molecule has 2 heterocycles. The first-order valence-electron chi connectivity index (χ1n) is 9.69. The van der Waals surface area contributed by atoms with Crippen LogP contribution in [0.25, 0.3) is 5.52 Å². The molecule has 148 valence electrons. The number of ether oxygens (including phenoxy) is 2. The topological polar surface area (TPSA) is 39.9 Å². The maximum Gasteiger partial charge on any atom is 0.338 e. The Balaban J connectivity index is 1.97. The Morgan fingerprint density at radius 1 is 1.18 bits per heavy atom. The molecule has 1 unspecified atom stereocenters. The van der Waals surface area contributed by atoms with E-state index in [0.29, 0.717) is 24.2 Å². The second-order valence-corrected chi connectivity index (χ2v) is 6.81. The van der Waals surface area contributed by atoms with Crippen molar-refractivity contribution in [2.24, 2.45) is 0 Å². The maximum atomic E-state index is 14.0. The van der Waals surface area contributed by atoms with E-state index in [-0.39, 0.29) is 24.5 Å². The Morgan fingerprint density at radius 2 is 1.96 bits per heavy atom. The fourth-order valence-corrected chi connectivity index (χ4v) is 3.38. The van der Waals surface area contributed by atoms with Crippen LogP contribution in [0.2, 0.25) is 0 Å². The third-order valence-corrected chi connectivity index (χ3v) is 4.85. The van der Waals surface area contributed by atoms with Gasteiger partial charge >= 0.3 is 5.97 Å². The number of hydrogen-bond acceptors (Lipinski definition) is 3. The first-order chi connectivity index (χ1) is 13.6. The van der Waals surface area contributed by atoms with Crippen molar-refractivity contribution in [3.8, 4) is 0 Å². The second kappa shape index (κ2) is 9.02. The van der Waals surface area contributed by atoms with Crippen molar-refractivity contribution in [2.75, 3.05) is 6.61 Å². The number of aromatic nitrogens is 1. The van der Waals surface area contributed by atoms with Crippen molar-refractivity contribution >= 4 is 11.5 Å². The van der Waals surface area contributed by atoms with E-state index in [0.717, 1.165) is 23.2 Å². The number of rotatable bonds is 8. The summed E-state index contributed by atoms with van der Waals surface area (Å²) in [7, 11) is 0. The number of hydrogen-bond donors (Lipinski definition) is 0. The van der Waals surface area contributed by atoms with Crippen LogP contribution < -0.4 is 0 Å². The molecule has 1 atom stereocenters. The van der Waals surface area contributed by atoms with E-state index in [1.165, 1.54) is 6.07 Å². The summed E-state index contributed by atoms with van der Waals surface area (Å²) in [5.74, 6) is -0.606. The highest BCUT2D eigenvalue weighted by Crippen LogP contribution is 2.30. The van der Waals surface area contributed by atoms with Crippen LogP contribution in [0.1, 0.15) is 60.0 Å². The molecule has 2 aromatic heterocycles. The van der Waals surface area contributed by atoms with E-state index in [1.807, 2.05) is 49.6 Å². The summed E-state index contributed by atoms with van der Waals surface area (Å²) >= 11 is 0. The molecule has 0 aliphatic rings. The predicted molar refractivity (Wildman–Crippen MR) is 107 cm³/mol. The molecule has 0 saturated carbocycles. The zero-order valence-electron chi connectivity index (χ0n) is 16.6. The number of benzene rings is 1. The van der Waals surface area contributed by atoms with Gasteiger partial charge in [-0.05, 0) is 49.6 Å². The first kappa shape index (κ1) is 20.1. The Kier molecular flexibility index (Phi) is 6.47. The number of fused-ring (bicyclic) bond motifs is 1. The molecule has 0 spiro atoms. The minimum Gasteiger partial charge on any atom is -0.462 e. The van der Waals surface area contributed by atoms with E-state index in [1.54, 1.807) is 18.2 Å². The lowest BCUT2D eigenvalue weighted by molar-refractivity contribution is 0.0314. The van der Waals surface area contributed by atoms with Crippen LogP contribution in [-0.2, 0) is 16.1 Å². The molecule has 0 saturated heterocycles. The van der Waals surface area contributed by atoms with Crippen molar-refractivity contribution in [3.05, 3.63) is 76.9 Å². The average Bonchev–Trinajstić information content (AvgIpc) is 3.16. The third kappa shape index (κ3) is 4.09. The van der Waals surface area contributed by atoms with Gasteiger partial charge in [0.05, 0.1) is 30.6 Å². The smallest absolute Gasteiger partial charge is 0.338 e. The molecule has 3 rings (SSSR count). The Labute approximate surface area is 164 Å². The molecule has 0 radical (unpaired) electrons. The lowest BCUT2D eigenvalue weighted by atomic mass is 10.0. The Bertz CT molecular complexity index is 964. The van der Waals surface area contributed by atoms with Gasteiger partial charge in [0.2, 0.25) is 0 Å². The van der Waals surface area contributed by atoms with Crippen LogP contribution in [0.4, 0.5) is 4.39 Å². The summed E-state index contributed by atoms with van der Waals surface area (Å²) in [5.41, 5.74) is 3.68. The number of pyridine rings is 1. The second-order valence-electron chi connectivity index (χ2n) is 6.81. The van der Waals surface area contributed by atoms with Gasteiger partial charge in [0.1, 0.15) is 5.82 Å². The molecule has 0 fully saturated rings. The van der Waals surface area contributed by atoms with E-state index < -0.39 is 0 Å². The minimum atomic E-state index is -0.326. The van der Waals surface area contributed by atoms with Crippen molar-refractivity contribution in [2.45, 2.75) is 46.3 Å². The summed E-state index contributed by atoms with van der Waals surface area (Å²) in [6, 6.07) is 12.3. The van der Waals surface area contributed by atoms with Gasteiger partial charge in [-0.2, -0.15) is 0 Å². The van der Waals surface area contributed by atoms with Crippen LogP contribution in [0.3, 0.4) is 0 Å². The third-order valence-electron chi connectivity index (χ3n) is 4.85. The first-order valence-corrected chi connectivity index (χ1v) is 9.69. The van der Waals surface area contributed by atoms with Crippen molar-refractivity contribution in [1.29, 1.82) is 0 Å². The van der Waals surface area contributed by atoms with Crippen LogP contribution in [0, 0.1) is 12.7 Å². The zero-order chi connectivity index (χ0) is 20.1. The molecular formula is C23H26FNO3. The molecule has 0 aliphatic heterocycles. The van der Waals surface area contributed by atoms with Gasteiger partial charge < -0.3 is 13.9 Å². The fraction of sp³-hybridized carbons (Fsp3) is 0.348. The van der Waals surface area contributed by atoms with Crippen molar-refractivity contribution in [1.82, 2.24) is 4.40 Å². The molecule has 0 aliphatic carbocycles. The van der Waals surface area contributed by atoms with E-state index in [9.17, 15) is 9.18 Å². The summed E-state index contributed by atoms with van der Waals surface area (Å²) in [6.07, 6.45) is 3.13. The SMILES string of the molecule is CCCOC(=O)c1cc2cccn2c(C(CC)OCc2ccccc2F)c1C. The normalized spacial score (nSPS) is 12.3. The molecule has 5 heteroatoms. The average molecular weight is 383 g/mol. The van der Waals surface area contributed by atoms with E-state index >= 15 is 0 Å². The van der Waals surface area contributed by atoms with Crippen LogP contribution in [0.15, 0.2) is 48.7 Å². The molecule has 0 amide bonds. The predicted octanol–water partition coefficient (Wildman–Crippen LogP) is 5.62. The summed E-state index contributed by atoms with van der Waals surface area (Å²) in [4.78, 5) is 12.6. The highest BCUT2D eigenvalue weighted by Gasteiger charge is 2.22. The van der Waals surface area contributed by atoms with Gasteiger partial charge in [0.25, 0.3) is 0 Å². The van der Waals surface area contributed by atoms with Crippen LogP contribution >= 0.6 is 0 Å².